The molecule has 0 N–H and O–H groups in total. The summed E-state index contributed by atoms with van der Waals surface area (Å²) >= 11 is 7.34. The van der Waals surface area contributed by atoms with Crippen LogP contribution in [0.4, 0.5) is 0 Å². The quantitative estimate of drug-likeness (QED) is 0.687. The van der Waals surface area contributed by atoms with Crippen LogP contribution in [0.2, 0.25) is 0 Å². The third-order valence-corrected chi connectivity index (χ3v) is 3.38. The van der Waals surface area contributed by atoms with Crippen LogP contribution in [0.5, 0.6) is 0 Å². The Morgan fingerprint density at radius 3 is 3.00 bits per heavy atom. The molecule has 0 saturated heterocycles. The standard InChI is InChI=1S/C11H18ClNOS/c1-3-4-9(2)14-6-5-11-13-10(7-12)8-15-11/h8-9H,3-7H2,1-2H3. The summed E-state index contributed by atoms with van der Waals surface area (Å²) in [5, 5.41) is 3.13. The molecular weight excluding hydrogens is 230 g/mol. The van der Waals surface area contributed by atoms with Gasteiger partial charge in [0, 0.05) is 11.8 Å². The van der Waals surface area contributed by atoms with Crippen LogP contribution in [-0.2, 0) is 17.0 Å². The maximum Gasteiger partial charge on any atom is 0.0951 e. The molecule has 0 aliphatic rings. The summed E-state index contributed by atoms with van der Waals surface area (Å²) in [5.41, 5.74) is 0.971. The summed E-state index contributed by atoms with van der Waals surface area (Å²) in [6.07, 6.45) is 3.57. The van der Waals surface area contributed by atoms with Gasteiger partial charge in [-0.2, -0.15) is 0 Å². The maximum atomic E-state index is 5.68. The Bertz CT molecular complexity index is 277. The molecular formula is C11H18ClNOS. The Labute approximate surface area is 101 Å². The predicted octanol–water partition coefficient (Wildman–Crippen LogP) is 3.63. The fourth-order valence-corrected chi connectivity index (χ4v) is 2.37. The van der Waals surface area contributed by atoms with Crippen LogP contribution in [0.15, 0.2) is 5.38 Å². The first kappa shape index (κ1) is 12.9. The molecule has 0 aromatic carbocycles. The van der Waals surface area contributed by atoms with Gasteiger partial charge in [0.05, 0.1) is 29.3 Å². The highest BCUT2D eigenvalue weighted by molar-refractivity contribution is 7.09. The van der Waals surface area contributed by atoms with Crippen molar-refractivity contribution in [3.8, 4) is 0 Å². The van der Waals surface area contributed by atoms with Gasteiger partial charge in [-0.3, -0.25) is 0 Å². The molecule has 0 radical (unpaired) electrons. The van der Waals surface area contributed by atoms with Crippen molar-refractivity contribution in [1.82, 2.24) is 4.98 Å². The molecule has 0 spiro atoms. The van der Waals surface area contributed by atoms with E-state index in [1.54, 1.807) is 11.3 Å². The van der Waals surface area contributed by atoms with E-state index >= 15 is 0 Å². The molecule has 1 heterocycles. The van der Waals surface area contributed by atoms with E-state index in [0.29, 0.717) is 12.0 Å². The van der Waals surface area contributed by atoms with Crippen molar-refractivity contribution in [3.05, 3.63) is 16.1 Å². The van der Waals surface area contributed by atoms with E-state index in [4.69, 9.17) is 16.3 Å². The number of hydrogen-bond acceptors (Lipinski definition) is 3. The minimum atomic E-state index is 0.363. The van der Waals surface area contributed by atoms with Gasteiger partial charge in [-0.25, -0.2) is 4.98 Å². The molecule has 0 aliphatic heterocycles. The smallest absolute Gasteiger partial charge is 0.0951 e. The molecule has 0 saturated carbocycles. The molecule has 4 heteroatoms. The summed E-state index contributed by atoms with van der Waals surface area (Å²) in [7, 11) is 0. The Morgan fingerprint density at radius 2 is 2.40 bits per heavy atom. The third-order valence-electron chi connectivity index (χ3n) is 2.15. The van der Waals surface area contributed by atoms with Crippen molar-refractivity contribution in [3.63, 3.8) is 0 Å². The zero-order valence-corrected chi connectivity index (χ0v) is 10.9. The van der Waals surface area contributed by atoms with Crippen LogP contribution in [0, 0.1) is 0 Å². The summed E-state index contributed by atoms with van der Waals surface area (Å²) < 4.78 is 5.66. The summed E-state index contributed by atoms with van der Waals surface area (Å²) in [5.74, 6) is 0.504. The highest BCUT2D eigenvalue weighted by Crippen LogP contribution is 2.12. The molecule has 0 fully saturated rings. The SMILES string of the molecule is CCCC(C)OCCc1nc(CCl)cs1. The van der Waals surface area contributed by atoms with Gasteiger partial charge in [0.2, 0.25) is 0 Å². The summed E-state index contributed by atoms with van der Waals surface area (Å²) in [4.78, 5) is 4.38. The van der Waals surface area contributed by atoms with Crippen LogP contribution >= 0.6 is 22.9 Å². The van der Waals surface area contributed by atoms with E-state index in [2.05, 4.69) is 18.8 Å². The monoisotopic (exact) mass is 247 g/mol. The van der Waals surface area contributed by atoms with Gasteiger partial charge in [-0.05, 0) is 13.3 Å². The van der Waals surface area contributed by atoms with Gasteiger partial charge < -0.3 is 4.74 Å². The number of rotatable bonds is 7. The lowest BCUT2D eigenvalue weighted by atomic mass is 10.2. The van der Waals surface area contributed by atoms with Crippen molar-refractivity contribution in [2.24, 2.45) is 0 Å². The van der Waals surface area contributed by atoms with Crippen molar-refractivity contribution in [2.45, 2.75) is 45.1 Å². The number of ether oxygens (including phenoxy) is 1. The molecule has 15 heavy (non-hydrogen) atoms. The average molecular weight is 248 g/mol. The number of hydrogen-bond donors (Lipinski definition) is 0. The van der Waals surface area contributed by atoms with Crippen LogP contribution in [0.25, 0.3) is 0 Å². The Morgan fingerprint density at radius 1 is 1.60 bits per heavy atom. The maximum absolute atomic E-state index is 5.68. The first-order valence-electron chi connectivity index (χ1n) is 5.37. The van der Waals surface area contributed by atoms with Gasteiger partial charge in [-0.1, -0.05) is 13.3 Å². The highest BCUT2D eigenvalue weighted by Gasteiger charge is 2.03. The van der Waals surface area contributed by atoms with Gasteiger partial charge in [-0.15, -0.1) is 22.9 Å². The lowest BCUT2D eigenvalue weighted by Crippen LogP contribution is -2.10. The molecule has 0 bridgehead atoms. The average Bonchev–Trinajstić information content (AvgIpc) is 2.66. The van der Waals surface area contributed by atoms with Crippen molar-refractivity contribution >= 4 is 22.9 Å². The Hall–Kier alpha value is -0.120. The molecule has 2 nitrogen and oxygen atoms in total. The topological polar surface area (TPSA) is 22.1 Å². The van der Waals surface area contributed by atoms with E-state index in [1.807, 2.05) is 5.38 Å². The van der Waals surface area contributed by atoms with Gasteiger partial charge in [0.15, 0.2) is 0 Å². The molecule has 1 aromatic rings. The van der Waals surface area contributed by atoms with Gasteiger partial charge in [0.25, 0.3) is 0 Å². The number of aromatic nitrogens is 1. The number of alkyl halides is 1. The first-order valence-corrected chi connectivity index (χ1v) is 6.78. The van der Waals surface area contributed by atoms with Gasteiger partial charge in [0.1, 0.15) is 0 Å². The van der Waals surface area contributed by atoms with Crippen LogP contribution in [0.1, 0.15) is 37.4 Å². The fourth-order valence-electron chi connectivity index (χ4n) is 1.36. The van der Waals surface area contributed by atoms with E-state index < -0.39 is 0 Å². The van der Waals surface area contributed by atoms with Crippen LogP contribution < -0.4 is 0 Å². The lowest BCUT2D eigenvalue weighted by molar-refractivity contribution is 0.0620. The molecule has 0 aliphatic carbocycles. The number of nitrogens with zero attached hydrogens (tertiary/aromatic N) is 1. The molecule has 1 atom stereocenters. The third kappa shape index (κ3) is 4.96. The molecule has 86 valence electrons. The van der Waals surface area contributed by atoms with Crippen LogP contribution in [-0.4, -0.2) is 17.7 Å². The van der Waals surface area contributed by atoms with Crippen molar-refractivity contribution in [2.75, 3.05) is 6.61 Å². The van der Waals surface area contributed by atoms with E-state index in [-0.39, 0.29) is 0 Å². The largest absolute Gasteiger partial charge is 0.378 e. The zero-order valence-electron chi connectivity index (χ0n) is 9.33. The Balaban J connectivity index is 2.19. The van der Waals surface area contributed by atoms with Gasteiger partial charge >= 0.3 is 0 Å². The molecule has 1 unspecified atom stereocenters. The highest BCUT2D eigenvalue weighted by atomic mass is 35.5. The number of halogens is 1. The van der Waals surface area contributed by atoms with Crippen molar-refractivity contribution < 1.29 is 4.74 Å². The van der Waals surface area contributed by atoms with Crippen LogP contribution in [0.3, 0.4) is 0 Å². The summed E-state index contributed by atoms with van der Waals surface area (Å²) in [6, 6.07) is 0. The summed E-state index contributed by atoms with van der Waals surface area (Å²) in [6.45, 7) is 5.05. The number of thiazole rings is 1. The van der Waals surface area contributed by atoms with E-state index in [1.165, 1.54) is 6.42 Å². The van der Waals surface area contributed by atoms with E-state index in [9.17, 15) is 0 Å². The molecule has 1 rings (SSSR count). The minimum absolute atomic E-state index is 0.363. The minimum Gasteiger partial charge on any atom is -0.378 e. The Kier molecular flexibility index (Phi) is 6.22. The molecule has 0 amide bonds. The lowest BCUT2D eigenvalue weighted by Gasteiger charge is -2.10. The first-order chi connectivity index (χ1) is 7.26. The second kappa shape index (κ2) is 7.20. The van der Waals surface area contributed by atoms with Crippen molar-refractivity contribution in [1.29, 1.82) is 0 Å². The second-order valence-corrected chi connectivity index (χ2v) is 4.80. The normalized spacial score (nSPS) is 13.0. The zero-order chi connectivity index (χ0) is 11.1. The predicted molar refractivity (Wildman–Crippen MR) is 65.7 cm³/mol. The fraction of sp³-hybridized carbons (Fsp3) is 0.727. The second-order valence-electron chi connectivity index (χ2n) is 3.59. The van der Waals surface area contributed by atoms with E-state index in [0.717, 1.165) is 30.2 Å². The molecule has 1 aromatic heterocycles.